The highest BCUT2D eigenvalue weighted by molar-refractivity contribution is 6.02. The Morgan fingerprint density at radius 3 is 1.44 bits per heavy atom. The lowest BCUT2D eigenvalue weighted by atomic mass is 9.95. The van der Waals surface area contributed by atoms with Gasteiger partial charge in [0.2, 0.25) is 0 Å². The number of fused-ring (bicyclic) bond motifs is 4. The van der Waals surface area contributed by atoms with Crippen LogP contribution in [0.4, 0.5) is 5.69 Å². The lowest BCUT2D eigenvalue weighted by Crippen LogP contribution is -2.12. The molecule has 0 aliphatic carbocycles. The fraction of sp³-hybridized carbons (Fsp3) is 0.0588. The maximum Gasteiger partial charge on any atom is 0.187 e. The Hall–Kier alpha value is -14.0. The standard InChI is InChI=1S/C30H22N4.C26H16N6.C17H13N3.C12H11N3/c1-21-27(28(24-13-7-3-8-14-24)25-15-9-4-10-16-25)30-31-29(33-34(30)32-21)26-19-17-23(18-20-26)22-11-5-2-6-12-22;1-17-3-5-18(6-4-17)15-23-24(20-11-13-22(28-2)14-12-20)30-32-26(23)29-25(31-32)21-9-7-19(16-27)8-10-21;1-3-7-13(8-4-1)16-11-15-12-18-17(20(15)19-16)14-9-5-2-6-10-14;1-9-7-11-8-13-12(15(11)14-9)10-5-3-2-4-6-10/h2-20H,1H3;3-15H,1H3;1-11H,12H2;2-7H,8H2,1H3/b;23-15-;;. The molecule has 10 aromatic carbocycles. The number of aryl methyl sites for hydroxylation is 3. The minimum atomic E-state index is 0.547. The summed E-state index contributed by atoms with van der Waals surface area (Å²) in [5.41, 5.74) is 22.6. The summed E-state index contributed by atoms with van der Waals surface area (Å²) < 4.78 is 7.10. The summed E-state index contributed by atoms with van der Waals surface area (Å²) in [5.74, 6) is 3.11. The van der Waals surface area contributed by atoms with Gasteiger partial charge >= 0.3 is 0 Å². The van der Waals surface area contributed by atoms with Gasteiger partial charge in [-0.05, 0) is 91.1 Å². The Bertz CT molecular complexity index is 5830. The van der Waals surface area contributed by atoms with Crippen LogP contribution in [0.5, 0.6) is 0 Å². The third-order valence-electron chi connectivity index (χ3n) is 17.3. The van der Waals surface area contributed by atoms with Gasteiger partial charge in [0.25, 0.3) is 0 Å². The Labute approximate surface area is 582 Å². The molecule has 482 valence electrons. The van der Waals surface area contributed by atoms with Crippen LogP contribution >= 0.6 is 0 Å². The first kappa shape index (κ1) is 63.1. The Morgan fingerprint density at radius 2 is 0.891 bits per heavy atom. The molecule has 0 spiro atoms. The molecule has 0 saturated carbocycles. The molecule has 0 saturated heterocycles. The molecule has 8 heterocycles. The summed E-state index contributed by atoms with van der Waals surface area (Å²) in [6, 6.07) is 99.3. The van der Waals surface area contributed by atoms with E-state index in [4.69, 9.17) is 42.2 Å². The van der Waals surface area contributed by atoms with Crippen LogP contribution in [-0.4, -0.2) is 70.9 Å². The lowest BCUT2D eigenvalue weighted by molar-refractivity contribution is 0.810. The minimum Gasteiger partial charge on any atom is -0.260 e. The maximum atomic E-state index is 9.03. The van der Waals surface area contributed by atoms with E-state index in [0.717, 1.165) is 118 Å². The van der Waals surface area contributed by atoms with Gasteiger partial charge in [-0.1, -0.05) is 260 Å². The van der Waals surface area contributed by atoms with Gasteiger partial charge in [-0.15, -0.1) is 24.6 Å². The van der Waals surface area contributed by atoms with E-state index in [1.54, 1.807) is 33.5 Å². The summed E-state index contributed by atoms with van der Waals surface area (Å²) in [4.78, 5) is 22.2. The van der Waals surface area contributed by atoms with Gasteiger partial charge in [-0.2, -0.15) is 20.6 Å². The molecule has 0 bridgehead atoms. The van der Waals surface area contributed by atoms with Crippen molar-refractivity contribution in [2.75, 3.05) is 0 Å². The molecule has 0 fully saturated rings. The number of rotatable bonds is 10. The average Bonchev–Trinajstić information content (AvgIpc) is 1.62. The van der Waals surface area contributed by atoms with Gasteiger partial charge < -0.3 is 0 Å². The second kappa shape index (κ2) is 28.4. The minimum absolute atomic E-state index is 0.547. The van der Waals surface area contributed by atoms with Crippen LogP contribution in [0.25, 0.3) is 84.2 Å². The smallest absolute Gasteiger partial charge is 0.187 e. The highest BCUT2D eigenvalue weighted by atomic mass is 15.5. The van der Waals surface area contributed by atoms with Crippen molar-refractivity contribution in [3.8, 4) is 62.5 Å². The number of aliphatic imine (C=N–C) groups is 2. The van der Waals surface area contributed by atoms with Gasteiger partial charge in [0.15, 0.2) is 40.3 Å². The predicted molar refractivity (Wildman–Crippen MR) is 397 cm³/mol. The topological polar surface area (TPSA) is 175 Å². The van der Waals surface area contributed by atoms with E-state index in [0.29, 0.717) is 35.1 Å². The zero-order valence-corrected chi connectivity index (χ0v) is 55.4. The van der Waals surface area contributed by atoms with Crippen molar-refractivity contribution in [2.24, 2.45) is 9.98 Å². The van der Waals surface area contributed by atoms with E-state index in [2.05, 4.69) is 214 Å². The van der Waals surface area contributed by atoms with Crippen molar-refractivity contribution < 1.29 is 0 Å². The number of nitrogens with zero attached hydrogens (tertiary/aromatic N) is 16. The van der Waals surface area contributed by atoms with Gasteiger partial charge in [0.1, 0.15) is 5.69 Å². The van der Waals surface area contributed by atoms with E-state index in [1.807, 2.05) is 120 Å². The summed E-state index contributed by atoms with van der Waals surface area (Å²) in [5, 5.41) is 38.8. The molecule has 0 amide bonds. The zero-order chi connectivity index (χ0) is 68.6. The van der Waals surface area contributed by atoms with Crippen molar-refractivity contribution in [2.45, 2.75) is 33.9 Å². The number of benzene rings is 10. The molecule has 18 rings (SSSR count). The lowest BCUT2D eigenvalue weighted by Gasteiger charge is -2.08. The summed E-state index contributed by atoms with van der Waals surface area (Å²) in [6.07, 6.45) is 2.05. The highest BCUT2D eigenvalue weighted by Gasteiger charge is 2.23. The van der Waals surface area contributed by atoms with Crippen molar-refractivity contribution in [1.82, 2.24) is 59.2 Å². The van der Waals surface area contributed by atoms with E-state index < -0.39 is 0 Å². The van der Waals surface area contributed by atoms with Gasteiger partial charge in [0.05, 0.1) is 65.0 Å². The summed E-state index contributed by atoms with van der Waals surface area (Å²) in [6.45, 7) is 14.7. The van der Waals surface area contributed by atoms with Crippen molar-refractivity contribution in [1.29, 1.82) is 5.26 Å². The largest absolute Gasteiger partial charge is 0.260 e. The van der Waals surface area contributed by atoms with Gasteiger partial charge in [-0.25, -0.2) is 24.2 Å². The van der Waals surface area contributed by atoms with Crippen LogP contribution in [0.15, 0.2) is 301 Å². The van der Waals surface area contributed by atoms with Gasteiger partial charge in [0, 0.05) is 44.2 Å². The normalized spacial score (nSPS) is 12.0. The second-order valence-corrected chi connectivity index (χ2v) is 24.2. The first-order valence-electron chi connectivity index (χ1n) is 33.0. The fourth-order valence-corrected chi connectivity index (χ4v) is 12.3. The quantitative estimate of drug-likeness (QED) is 0.121. The third-order valence-corrected chi connectivity index (χ3v) is 17.3. The number of hydrogen-bond donors (Lipinski definition) is 0. The molecule has 2 aliphatic heterocycles. The molecular formula is C85H62N16. The molecule has 16 aromatic rings. The molecule has 16 nitrogen and oxygen atoms in total. The van der Waals surface area contributed by atoms with E-state index in [9.17, 15) is 0 Å². The Balaban J connectivity index is 0.000000114. The van der Waals surface area contributed by atoms with Crippen LogP contribution < -0.4 is 10.4 Å². The summed E-state index contributed by atoms with van der Waals surface area (Å²) >= 11 is 0. The molecule has 0 N–H and O–H groups in total. The van der Waals surface area contributed by atoms with Crippen LogP contribution in [0.2, 0.25) is 0 Å². The first-order valence-corrected chi connectivity index (χ1v) is 33.0. The molecule has 2 aliphatic rings. The zero-order valence-electron chi connectivity index (χ0n) is 55.4. The van der Waals surface area contributed by atoms with Crippen LogP contribution in [0.1, 0.15) is 61.7 Å². The highest BCUT2D eigenvalue weighted by Crippen LogP contribution is 2.28. The number of aromatic nitrogens is 12. The van der Waals surface area contributed by atoms with Crippen LogP contribution in [0.3, 0.4) is 0 Å². The summed E-state index contributed by atoms with van der Waals surface area (Å²) in [7, 11) is 0. The second-order valence-electron chi connectivity index (χ2n) is 24.2. The number of hydrogen-bond acceptors (Lipinski definition) is 11. The van der Waals surface area contributed by atoms with E-state index >= 15 is 0 Å². The van der Waals surface area contributed by atoms with Crippen molar-refractivity contribution in [3.05, 3.63) is 375 Å². The molecule has 101 heavy (non-hydrogen) atoms. The van der Waals surface area contributed by atoms with Crippen molar-refractivity contribution >= 4 is 40.3 Å². The molecule has 0 atom stereocenters. The first-order chi connectivity index (χ1) is 49.7. The van der Waals surface area contributed by atoms with E-state index in [1.165, 1.54) is 22.4 Å². The molecule has 0 unspecified atom stereocenters. The Morgan fingerprint density at radius 1 is 0.436 bits per heavy atom. The molecular weight excluding hydrogens is 1250 g/mol. The average molecular weight is 1310 g/mol. The molecule has 0 radical (unpaired) electrons. The predicted octanol–water partition coefficient (Wildman–Crippen LogP) is 15.8. The van der Waals surface area contributed by atoms with E-state index in [-0.39, 0.29) is 0 Å². The maximum absolute atomic E-state index is 9.03. The SMILES string of the molecule is Cc1cc2n(n1)C(c1ccccc1)=NC2.Cc1nn2nc(-c3ccc(-c4ccccc4)cc3)nc2c1=C(c1ccccc1)c1ccccc1.[C-]#[N+]c1ccc(-c2nn3nc(-c4ccc(C#N)cc4)nc3/c2=C\c2ccc(C)cc2)cc1.c1ccc(C2=NCc3cc(-c4ccccc4)nn32)cc1. The molecule has 6 aromatic heterocycles. The van der Waals surface area contributed by atoms with Crippen LogP contribution in [-0.2, 0) is 13.1 Å². The van der Waals surface area contributed by atoms with Crippen molar-refractivity contribution in [3.63, 3.8) is 0 Å². The number of nitriles is 1. The Kier molecular flexibility index (Phi) is 17.7. The monoisotopic (exact) mass is 1310 g/mol. The third kappa shape index (κ3) is 13.5. The molecule has 16 heteroatoms. The van der Waals surface area contributed by atoms with Gasteiger partial charge in [-0.3, -0.25) is 9.98 Å². The van der Waals surface area contributed by atoms with Crippen LogP contribution in [0, 0.1) is 38.7 Å². The fourth-order valence-electron chi connectivity index (χ4n) is 12.3.